The van der Waals surface area contributed by atoms with Gasteiger partial charge in [-0.2, -0.15) is 0 Å². The number of rotatable bonds is 3. The molecule has 3 aromatic rings. The van der Waals surface area contributed by atoms with E-state index in [0.29, 0.717) is 5.92 Å². The summed E-state index contributed by atoms with van der Waals surface area (Å²) in [4.78, 5) is 0. The van der Waals surface area contributed by atoms with E-state index >= 15 is 0 Å². The molecule has 0 spiro atoms. The number of fused-ring (bicyclic) bond motifs is 3. The van der Waals surface area contributed by atoms with Gasteiger partial charge in [-0.05, 0) is 46.4 Å². The third-order valence-corrected chi connectivity index (χ3v) is 5.44. The van der Waals surface area contributed by atoms with Crippen molar-refractivity contribution in [1.29, 1.82) is 0 Å². The van der Waals surface area contributed by atoms with Gasteiger partial charge in [0.15, 0.2) is 0 Å². The third-order valence-electron chi connectivity index (χ3n) is 5.44. The van der Waals surface area contributed by atoms with E-state index < -0.39 is 0 Å². The molecule has 0 saturated heterocycles. The molecule has 1 unspecified atom stereocenters. The number of hydrogen-bond donors (Lipinski definition) is 1. The van der Waals surface area contributed by atoms with Crippen LogP contribution in [0.5, 0.6) is 0 Å². The first kappa shape index (κ1) is 15.2. The van der Waals surface area contributed by atoms with E-state index in [2.05, 4.69) is 102 Å². The van der Waals surface area contributed by atoms with Gasteiger partial charge in [0.2, 0.25) is 0 Å². The van der Waals surface area contributed by atoms with Gasteiger partial charge < -0.3 is 5.32 Å². The zero-order valence-corrected chi connectivity index (χ0v) is 14.6. The summed E-state index contributed by atoms with van der Waals surface area (Å²) in [6, 6.07) is 26.4. The van der Waals surface area contributed by atoms with E-state index in [0.717, 1.165) is 6.42 Å². The second-order valence-electron chi connectivity index (χ2n) is 7.03. The maximum absolute atomic E-state index is 3.79. The second kappa shape index (κ2) is 6.34. The molecule has 1 heteroatoms. The fourth-order valence-corrected chi connectivity index (χ4v) is 4.28. The van der Waals surface area contributed by atoms with Gasteiger partial charge in [-0.25, -0.2) is 0 Å². The highest BCUT2D eigenvalue weighted by Crippen LogP contribution is 2.44. The van der Waals surface area contributed by atoms with Crippen LogP contribution in [0.4, 0.5) is 5.69 Å². The predicted octanol–water partition coefficient (Wildman–Crippen LogP) is 6.27. The Morgan fingerprint density at radius 1 is 0.692 bits per heavy atom. The number of allylic oxidation sites excluding steroid dienone is 4. The van der Waals surface area contributed by atoms with Crippen molar-refractivity contribution in [2.45, 2.75) is 18.4 Å². The SMILES string of the molecule is C1=CC(c2cccc3c2C(Nc2ccccc2)Cc2ccccc2-3)C=C1. The maximum Gasteiger partial charge on any atom is 0.0563 e. The van der Waals surface area contributed by atoms with Crippen molar-refractivity contribution in [3.05, 3.63) is 114 Å². The van der Waals surface area contributed by atoms with Crippen molar-refractivity contribution in [3.63, 3.8) is 0 Å². The largest absolute Gasteiger partial charge is 0.378 e. The summed E-state index contributed by atoms with van der Waals surface area (Å²) >= 11 is 0. The topological polar surface area (TPSA) is 12.0 Å². The molecule has 0 radical (unpaired) electrons. The minimum atomic E-state index is 0.279. The second-order valence-corrected chi connectivity index (χ2v) is 7.03. The summed E-state index contributed by atoms with van der Waals surface area (Å²) in [7, 11) is 0. The van der Waals surface area contributed by atoms with Gasteiger partial charge in [0.05, 0.1) is 6.04 Å². The van der Waals surface area contributed by atoms with Crippen LogP contribution in [-0.4, -0.2) is 0 Å². The van der Waals surface area contributed by atoms with Crippen LogP contribution in [0.15, 0.2) is 97.1 Å². The summed E-state index contributed by atoms with van der Waals surface area (Å²) in [5.41, 5.74) is 8.19. The van der Waals surface area contributed by atoms with Crippen LogP contribution in [0.25, 0.3) is 11.1 Å². The molecule has 0 bridgehead atoms. The lowest BCUT2D eigenvalue weighted by Crippen LogP contribution is -2.21. The van der Waals surface area contributed by atoms with Gasteiger partial charge in [-0.15, -0.1) is 0 Å². The molecule has 2 aliphatic rings. The number of hydrogen-bond acceptors (Lipinski definition) is 1. The molecule has 0 fully saturated rings. The molecule has 1 N–H and O–H groups in total. The monoisotopic (exact) mass is 335 g/mol. The van der Waals surface area contributed by atoms with Crippen molar-refractivity contribution in [2.75, 3.05) is 5.32 Å². The van der Waals surface area contributed by atoms with E-state index in [1.165, 1.54) is 33.5 Å². The first-order chi connectivity index (χ1) is 12.9. The third kappa shape index (κ3) is 2.57. The Labute approximate surface area is 154 Å². The standard InChI is InChI=1S/C25H21N/c1-2-12-20(13-3-1)26-24-17-19-11-6-7-14-21(19)23-16-8-15-22(25(23)24)18-9-4-5-10-18/h1-16,18,24,26H,17H2. The van der Waals surface area contributed by atoms with E-state index in [1.54, 1.807) is 0 Å². The Balaban J connectivity index is 1.67. The molecule has 1 atom stereocenters. The molecule has 0 aromatic heterocycles. The molecular formula is C25H21N. The Morgan fingerprint density at radius 3 is 2.27 bits per heavy atom. The predicted molar refractivity (Wildman–Crippen MR) is 109 cm³/mol. The van der Waals surface area contributed by atoms with Gasteiger partial charge >= 0.3 is 0 Å². The molecule has 0 aliphatic heterocycles. The van der Waals surface area contributed by atoms with Gasteiger partial charge in [-0.1, -0.05) is 85.0 Å². The van der Waals surface area contributed by atoms with Crippen LogP contribution in [0, 0.1) is 0 Å². The first-order valence-corrected chi connectivity index (χ1v) is 9.28. The van der Waals surface area contributed by atoms with Crippen LogP contribution in [-0.2, 0) is 6.42 Å². The quantitative estimate of drug-likeness (QED) is 0.594. The van der Waals surface area contributed by atoms with Crippen molar-refractivity contribution < 1.29 is 0 Å². The number of para-hydroxylation sites is 1. The van der Waals surface area contributed by atoms with Crippen LogP contribution in [0.1, 0.15) is 28.7 Å². The zero-order valence-electron chi connectivity index (χ0n) is 14.6. The molecule has 5 rings (SSSR count). The smallest absolute Gasteiger partial charge is 0.0563 e. The van der Waals surface area contributed by atoms with Crippen molar-refractivity contribution in [2.24, 2.45) is 0 Å². The van der Waals surface area contributed by atoms with E-state index in [4.69, 9.17) is 0 Å². The van der Waals surface area contributed by atoms with E-state index in [1.807, 2.05) is 0 Å². The van der Waals surface area contributed by atoms with Gasteiger partial charge in [0.25, 0.3) is 0 Å². The molecule has 0 amide bonds. The molecule has 3 aromatic carbocycles. The summed E-state index contributed by atoms with van der Waals surface area (Å²) in [5, 5.41) is 3.79. The lowest BCUT2D eigenvalue weighted by Gasteiger charge is -2.32. The fourth-order valence-electron chi connectivity index (χ4n) is 4.28. The Bertz CT molecular complexity index is 984. The van der Waals surface area contributed by atoms with Crippen molar-refractivity contribution >= 4 is 5.69 Å². The molecule has 2 aliphatic carbocycles. The van der Waals surface area contributed by atoms with Crippen LogP contribution < -0.4 is 5.32 Å². The highest BCUT2D eigenvalue weighted by Gasteiger charge is 2.28. The Morgan fingerprint density at radius 2 is 1.42 bits per heavy atom. The highest BCUT2D eigenvalue weighted by molar-refractivity contribution is 5.76. The Kier molecular flexibility index (Phi) is 3.71. The lowest BCUT2D eigenvalue weighted by atomic mass is 9.78. The first-order valence-electron chi connectivity index (χ1n) is 9.28. The molecule has 0 saturated carbocycles. The average molecular weight is 335 g/mol. The molecular weight excluding hydrogens is 314 g/mol. The fraction of sp³-hybridized carbons (Fsp3) is 0.120. The Hall–Kier alpha value is -3.06. The van der Waals surface area contributed by atoms with Crippen molar-refractivity contribution in [1.82, 2.24) is 0 Å². The summed E-state index contributed by atoms with van der Waals surface area (Å²) in [6.07, 6.45) is 9.89. The van der Waals surface area contributed by atoms with Gasteiger partial charge in [0.1, 0.15) is 0 Å². The van der Waals surface area contributed by atoms with Crippen LogP contribution in [0.3, 0.4) is 0 Å². The maximum atomic E-state index is 3.79. The summed E-state index contributed by atoms with van der Waals surface area (Å²) in [6.45, 7) is 0. The number of benzene rings is 3. The van der Waals surface area contributed by atoms with Crippen LogP contribution in [0.2, 0.25) is 0 Å². The molecule has 1 nitrogen and oxygen atoms in total. The average Bonchev–Trinajstić information content (AvgIpc) is 3.23. The molecule has 0 heterocycles. The summed E-state index contributed by atoms with van der Waals surface area (Å²) < 4.78 is 0. The minimum Gasteiger partial charge on any atom is -0.378 e. The van der Waals surface area contributed by atoms with Gasteiger partial charge in [0, 0.05) is 11.6 Å². The number of anilines is 1. The normalized spacial score (nSPS) is 17.8. The highest BCUT2D eigenvalue weighted by atomic mass is 14.9. The number of nitrogens with one attached hydrogen (secondary N) is 1. The zero-order chi connectivity index (χ0) is 17.3. The summed E-state index contributed by atoms with van der Waals surface area (Å²) in [5.74, 6) is 0.371. The van der Waals surface area contributed by atoms with E-state index in [9.17, 15) is 0 Å². The van der Waals surface area contributed by atoms with Gasteiger partial charge in [-0.3, -0.25) is 0 Å². The molecule has 126 valence electrons. The molecule has 26 heavy (non-hydrogen) atoms. The lowest BCUT2D eigenvalue weighted by molar-refractivity contribution is 0.751. The van der Waals surface area contributed by atoms with Crippen molar-refractivity contribution in [3.8, 4) is 11.1 Å². The minimum absolute atomic E-state index is 0.279. The van der Waals surface area contributed by atoms with E-state index in [-0.39, 0.29) is 6.04 Å². The van der Waals surface area contributed by atoms with Crippen LogP contribution >= 0.6 is 0 Å².